The largest absolute Gasteiger partial charge is 0.335 e. The molecule has 3 heterocycles. The zero-order valence-electron chi connectivity index (χ0n) is 15.7. The predicted octanol–water partition coefficient (Wildman–Crippen LogP) is 4.17. The highest BCUT2D eigenvalue weighted by Crippen LogP contribution is 2.27. The third-order valence-corrected chi connectivity index (χ3v) is 5.60. The van der Waals surface area contributed by atoms with Crippen LogP contribution in [0, 0.1) is 12.7 Å². The summed E-state index contributed by atoms with van der Waals surface area (Å²) in [5.41, 5.74) is 3.14. The molecule has 4 rings (SSSR count). The van der Waals surface area contributed by atoms with E-state index in [0.29, 0.717) is 6.04 Å². The zero-order valence-corrected chi connectivity index (χ0v) is 15.7. The van der Waals surface area contributed by atoms with Crippen LogP contribution in [0.25, 0.3) is 11.3 Å². The minimum absolute atomic E-state index is 0.217. The molecular formula is C21H26FN5. The lowest BCUT2D eigenvalue weighted by Crippen LogP contribution is -2.39. The third-order valence-electron chi connectivity index (χ3n) is 5.60. The normalized spacial score (nSPS) is 18.1. The van der Waals surface area contributed by atoms with Crippen molar-refractivity contribution in [1.29, 1.82) is 0 Å². The molecule has 1 aromatic carbocycles. The van der Waals surface area contributed by atoms with Gasteiger partial charge in [0.15, 0.2) is 0 Å². The number of benzene rings is 1. The fraction of sp³-hybridized carbons (Fsp3) is 0.429. The highest BCUT2D eigenvalue weighted by atomic mass is 19.1. The summed E-state index contributed by atoms with van der Waals surface area (Å²) in [7, 11) is 0. The van der Waals surface area contributed by atoms with Crippen LogP contribution in [0.1, 0.15) is 37.1 Å². The van der Waals surface area contributed by atoms with Gasteiger partial charge in [-0.3, -0.25) is 10.00 Å². The molecule has 5 nitrogen and oxygen atoms in total. The molecular weight excluding hydrogens is 341 g/mol. The van der Waals surface area contributed by atoms with Crippen LogP contribution in [0.5, 0.6) is 0 Å². The highest BCUT2D eigenvalue weighted by Gasteiger charge is 2.24. The first-order valence-corrected chi connectivity index (χ1v) is 9.70. The summed E-state index contributed by atoms with van der Waals surface area (Å²) in [5, 5.41) is 7.35. The van der Waals surface area contributed by atoms with E-state index in [2.05, 4.69) is 37.8 Å². The number of halogens is 1. The third kappa shape index (κ3) is 4.11. The molecule has 0 bridgehead atoms. The van der Waals surface area contributed by atoms with Crippen LogP contribution in [-0.2, 0) is 13.1 Å². The number of hydrogen-bond acceptors (Lipinski definition) is 3. The van der Waals surface area contributed by atoms with Gasteiger partial charge < -0.3 is 4.57 Å². The molecule has 6 heteroatoms. The number of piperidine rings is 1. The molecule has 1 N–H and O–H groups in total. The van der Waals surface area contributed by atoms with Crippen molar-refractivity contribution >= 4 is 0 Å². The molecule has 1 fully saturated rings. The number of rotatable bonds is 6. The number of likely N-dealkylation sites (tertiary alicyclic amines) is 1. The molecule has 0 amide bonds. The first-order valence-electron chi connectivity index (χ1n) is 9.70. The summed E-state index contributed by atoms with van der Waals surface area (Å²) >= 11 is 0. The average Bonchev–Trinajstić information content (AvgIpc) is 3.31. The van der Waals surface area contributed by atoms with E-state index in [4.69, 9.17) is 0 Å². The van der Waals surface area contributed by atoms with Crippen LogP contribution in [0.3, 0.4) is 0 Å². The molecule has 142 valence electrons. The van der Waals surface area contributed by atoms with E-state index in [1.165, 1.54) is 37.0 Å². The Morgan fingerprint density at radius 3 is 2.85 bits per heavy atom. The van der Waals surface area contributed by atoms with Gasteiger partial charge in [0.25, 0.3) is 0 Å². The molecule has 1 aliphatic heterocycles. The molecule has 0 saturated carbocycles. The van der Waals surface area contributed by atoms with Gasteiger partial charge in [0.1, 0.15) is 11.6 Å². The number of aromatic nitrogens is 4. The quantitative estimate of drug-likeness (QED) is 0.711. The maximum Gasteiger partial charge on any atom is 0.123 e. The summed E-state index contributed by atoms with van der Waals surface area (Å²) in [6.45, 7) is 5.04. The molecule has 1 saturated heterocycles. The van der Waals surface area contributed by atoms with Gasteiger partial charge in [0, 0.05) is 42.7 Å². The van der Waals surface area contributed by atoms with E-state index in [-0.39, 0.29) is 5.82 Å². The molecule has 0 spiro atoms. The van der Waals surface area contributed by atoms with E-state index in [1.54, 1.807) is 0 Å². The van der Waals surface area contributed by atoms with Gasteiger partial charge >= 0.3 is 0 Å². The molecule has 27 heavy (non-hydrogen) atoms. The Kier molecular flexibility index (Phi) is 5.34. The van der Waals surface area contributed by atoms with E-state index in [1.807, 2.05) is 24.5 Å². The summed E-state index contributed by atoms with van der Waals surface area (Å²) in [6, 6.07) is 7.18. The lowest BCUT2D eigenvalue weighted by Gasteiger charge is -2.36. The van der Waals surface area contributed by atoms with E-state index in [0.717, 1.165) is 43.1 Å². The molecule has 1 aliphatic rings. The first kappa shape index (κ1) is 17.9. The number of imidazole rings is 1. The van der Waals surface area contributed by atoms with Crippen molar-refractivity contribution in [1.82, 2.24) is 24.6 Å². The van der Waals surface area contributed by atoms with Crippen molar-refractivity contribution in [3.8, 4) is 11.3 Å². The van der Waals surface area contributed by atoms with Crippen LogP contribution in [-0.4, -0.2) is 37.2 Å². The van der Waals surface area contributed by atoms with Crippen molar-refractivity contribution in [3.05, 3.63) is 60.1 Å². The average molecular weight is 367 g/mol. The maximum atomic E-state index is 13.2. The summed E-state index contributed by atoms with van der Waals surface area (Å²) in [5.74, 6) is 0.858. The first-order chi connectivity index (χ1) is 13.2. The van der Waals surface area contributed by atoms with Gasteiger partial charge in [-0.2, -0.15) is 5.10 Å². The summed E-state index contributed by atoms with van der Waals surface area (Å²) in [6.07, 6.45) is 10.7. The predicted molar refractivity (Wildman–Crippen MR) is 104 cm³/mol. The Morgan fingerprint density at radius 1 is 1.22 bits per heavy atom. The van der Waals surface area contributed by atoms with Crippen LogP contribution < -0.4 is 0 Å². The van der Waals surface area contributed by atoms with E-state index >= 15 is 0 Å². The Bertz CT molecular complexity index is 867. The Morgan fingerprint density at radius 2 is 2.07 bits per heavy atom. The SMILES string of the molecule is Cc1nccn1CC[C@H]1CCCCN1Cc1cn[nH]c1-c1ccc(F)cc1. The Balaban J connectivity index is 1.46. The fourth-order valence-corrected chi connectivity index (χ4v) is 4.04. The van der Waals surface area contributed by atoms with Crippen molar-refractivity contribution in [2.45, 2.75) is 51.7 Å². The van der Waals surface area contributed by atoms with Crippen molar-refractivity contribution in [2.75, 3.05) is 6.54 Å². The van der Waals surface area contributed by atoms with Gasteiger partial charge in [-0.15, -0.1) is 0 Å². The Hall–Kier alpha value is -2.47. The van der Waals surface area contributed by atoms with Crippen LogP contribution in [0.15, 0.2) is 42.9 Å². The number of nitrogens with zero attached hydrogens (tertiary/aromatic N) is 4. The molecule has 3 aromatic rings. The van der Waals surface area contributed by atoms with Gasteiger partial charge in [-0.05, 0) is 57.0 Å². The van der Waals surface area contributed by atoms with Crippen LogP contribution in [0.2, 0.25) is 0 Å². The van der Waals surface area contributed by atoms with Crippen molar-refractivity contribution in [2.24, 2.45) is 0 Å². The minimum atomic E-state index is -0.217. The van der Waals surface area contributed by atoms with Gasteiger partial charge in [-0.25, -0.2) is 9.37 Å². The summed E-state index contributed by atoms with van der Waals surface area (Å²) < 4.78 is 15.5. The van der Waals surface area contributed by atoms with Gasteiger partial charge in [0.2, 0.25) is 0 Å². The lowest BCUT2D eigenvalue weighted by molar-refractivity contribution is 0.128. The van der Waals surface area contributed by atoms with Gasteiger partial charge in [0.05, 0.1) is 11.9 Å². The van der Waals surface area contributed by atoms with E-state index in [9.17, 15) is 4.39 Å². The van der Waals surface area contributed by atoms with Gasteiger partial charge in [-0.1, -0.05) is 6.42 Å². The minimum Gasteiger partial charge on any atom is -0.335 e. The number of aromatic amines is 1. The number of hydrogen-bond donors (Lipinski definition) is 1. The second-order valence-corrected chi connectivity index (χ2v) is 7.35. The molecule has 1 atom stereocenters. The monoisotopic (exact) mass is 367 g/mol. The number of H-pyrrole nitrogens is 1. The smallest absolute Gasteiger partial charge is 0.123 e. The van der Waals surface area contributed by atoms with Crippen LogP contribution in [0.4, 0.5) is 4.39 Å². The maximum absolute atomic E-state index is 13.2. The Labute approximate surface area is 159 Å². The van der Waals surface area contributed by atoms with Crippen molar-refractivity contribution < 1.29 is 4.39 Å². The molecule has 0 radical (unpaired) electrons. The fourth-order valence-electron chi connectivity index (χ4n) is 4.04. The van der Waals surface area contributed by atoms with E-state index < -0.39 is 0 Å². The molecule has 2 aromatic heterocycles. The highest BCUT2D eigenvalue weighted by molar-refractivity contribution is 5.62. The second kappa shape index (κ2) is 8.05. The zero-order chi connectivity index (χ0) is 18.6. The van der Waals surface area contributed by atoms with Crippen LogP contribution >= 0.6 is 0 Å². The number of nitrogens with one attached hydrogen (secondary N) is 1. The van der Waals surface area contributed by atoms with Crippen molar-refractivity contribution in [3.63, 3.8) is 0 Å². The second-order valence-electron chi connectivity index (χ2n) is 7.35. The topological polar surface area (TPSA) is 49.7 Å². The summed E-state index contributed by atoms with van der Waals surface area (Å²) in [4.78, 5) is 6.90. The number of aryl methyl sites for hydroxylation is 2. The molecule has 0 aliphatic carbocycles. The standard InChI is InChI=1S/C21H26FN5/c1-16-23-10-13-26(16)12-9-20-4-2-3-11-27(20)15-18-14-24-25-21(18)17-5-7-19(22)8-6-17/h5-8,10,13-14,20H,2-4,9,11-12,15H2,1H3,(H,24,25)/t20-/m1/s1. The lowest BCUT2D eigenvalue weighted by atomic mass is 9.98. The molecule has 0 unspecified atom stereocenters.